The van der Waals surface area contributed by atoms with Crippen LogP contribution in [-0.4, -0.2) is 30.4 Å². The fourth-order valence-electron chi connectivity index (χ4n) is 2.69. The second kappa shape index (κ2) is 11.3. The molecule has 156 valence electrons. The second-order valence-electron chi connectivity index (χ2n) is 6.72. The van der Waals surface area contributed by atoms with Gasteiger partial charge in [0, 0.05) is 18.0 Å². The number of carbonyl (C=O) groups excluding carboxylic acids is 3. The normalized spacial score (nSPS) is 11.7. The van der Waals surface area contributed by atoms with Crippen molar-refractivity contribution in [2.75, 3.05) is 6.54 Å². The first-order valence-corrected chi connectivity index (χ1v) is 9.79. The Morgan fingerprint density at radius 2 is 1.90 bits per heavy atom. The van der Waals surface area contributed by atoms with Crippen LogP contribution in [0.3, 0.4) is 0 Å². The molecule has 1 heterocycles. The highest BCUT2D eigenvalue weighted by atomic mass is 35.5. The summed E-state index contributed by atoms with van der Waals surface area (Å²) in [4.78, 5) is 36.3. The van der Waals surface area contributed by atoms with Crippen LogP contribution in [0.2, 0.25) is 5.02 Å². The largest absolute Gasteiger partial charge is 0.463 e. The van der Waals surface area contributed by atoms with Crippen molar-refractivity contribution < 1.29 is 23.5 Å². The van der Waals surface area contributed by atoms with E-state index in [4.69, 9.17) is 20.8 Å². The molecule has 2 N–H and O–H groups in total. The number of esters is 1. The summed E-state index contributed by atoms with van der Waals surface area (Å²) in [5.41, 5.74) is 0.648. The van der Waals surface area contributed by atoms with Gasteiger partial charge in [0.15, 0.2) is 5.76 Å². The van der Waals surface area contributed by atoms with Crippen LogP contribution in [0.15, 0.2) is 47.1 Å². The molecular formula is C21H25ClN2O5. The number of hydrogen-bond donors (Lipinski definition) is 2. The van der Waals surface area contributed by atoms with Gasteiger partial charge in [0.2, 0.25) is 5.91 Å². The standard InChI is InChI=1S/C21H25ClN2O5/c1-14(2)29-20(26)13-17(15-7-3-4-8-16(15)22)24-19(25)10-5-11-23-21(27)18-9-6-12-28-18/h3-4,6-9,12,14,17H,5,10-11,13H2,1-2H3,(H,23,27)(H,24,25)/t17-/m1/s1. The third-order valence-electron chi connectivity index (χ3n) is 3.96. The van der Waals surface area contributed by atoms with E-state index in [1.165, 1.54) is 6.26 Å². The number of nitrogens with one attached hydrogen (secondary N) is 2. The van der Waals surface area contributed by atoms with Gasteiger partial charge in [-0.2, -0.15) is 0 Å². The first-order chi connectivity index (χ1) is 13.9. The lowest BCUT2D eigenvalue weighted by molar-refractivity contribution is -0.148. The number of ether oxygens (including phenoxy) is 1. The van der Waals surface area contributed by atoms with Crippen LogP contribution in [0, 0.1) is 0 Å². The Labute approximate surface area is 174 Å². The second-order valence-corrected chi connectivity index (χ2v) is 7.13. The number of benzene rings is 1. The monoisotopic (exact) mass is 420 g/mol. The minimum atomic E-state index is -0.597. The van der Waals surface area contributed by atoms with E-state index in [1.54, 1.807) is 50.2 Å². The highest BCUT2D eigenvalue weighted by Crippen LogP contribution is 2.25. The lowest BCUT2D eigenvalue weighted by Crippen LogP contribution is -2.32. The summed E-state index contributed by atoms with van der Waals surface area (Å²) in [6.45, 7) is 3.84. The summed E-state index contributed by atoms with van der Waals surface area (Å²) in [6.07, 6.45) is 1.76. The van der Waals surface area contributed by atoms with Crippen LogP contribution in [-0.2, 0) is 14.3 Å². The summed E-state index contributed by atoms with van der Waals surface area (Å²) in [5, 5.41) is 5.98. The van der Waals surface area contributed by atoms with Crippen molar-refractivity contribution >= 4 is 29.4 Å². The highest BCUT2D eigenvalue weighted by molar-refractivity contribution is 6.31. The van der Waals surface area contributed by atoms with Crippen LogP contribution in [0.25, 0.3) is 0 Å². The fraction of sp³-hybridized carbons (Fsp3) is 0.381. The molecule has 1 aromatic carbocycles. The highest BCUT2D eigenvalue weighted by Gasteiger charge is 2.22. The van der Waals surface area contributed by atoms with Gasteiger partial charge in [-0.1, -0.05) is 29.8 Å². The average molecular weight is 421 g/mol. The zero-order chi connectivity index (χ0) is 21.2. The smallest absolute Gasteiger partial charge is 0.308 e. The number of carbonyl (C=O) groups is 3. The molecule has 8 heteroatoms. The molecule has 0 aliphatic heterocycles. The molecule has 0 saturated heterocycles. The van der Waals surface area contributed by atoms with E-state index in [9.17, 15) is 14.4 Å². The van der Waals surface area contributed by atoms with Gasteiger partial charge in [-0.15, -0.1) is 0 Å². The quantitative estimate of drug-likeness (QED) is 0.451. The van der Waals surface area contributed by atoms with Crippen molar-refractivity contribution in [2.24, 2.45) is 0 Å². The molecule has 2 rings (SSSR count). The third kappa shape index (κ3) is 7.62. The summed E-state index contributed by atoms with van der Waals surface area (Å²) in [7, 11) is 0. The van der Waals surface area contributed by atoms with Crippen molar-refractivity contribution in [3.63, 3.8) is 0 Å². The van der Waals surface area contributed by atoms with Crippen LogP contribution in [0.4, 0.5) is 0 Å². The Balaban J connectivity index is 1.88. The maximum Gasteiger partial charge on any atom is 0.308 e. The molecule has 2 aromatic rings. The zero-order valence-corrected chi connectivity index (χ0v) is 17.2. The van der Waals surface area contributed by atoms with E-state index in [1.807, 2.05) is 0 Å². The third-order valence-corrected chi connectivity index (χ3v) is 4.31. The maximum absolute atomic E-state index is 12.4. The molecule has 2 amide bonds. The van der Waals surface area contributed by atoms with Gasteiger partial charge in [-0.3, -0.25) is 14.4 Å². The van der Waals surface area contributed by atoms with E-state index in [0.717, 1.165) is 0 Å². The van der Waals surface area contributed by atoms with E-state index < -0.39 is 12.0 Å². The minimum absolute atomic E-state index is 0.0249. The summed E-state index contributed by atoms with van der Waals surface area (Å²) in [5.74, 6) is -0.784. The Morgan fingerprint density at radius 1 is 1.14 bits per heavy atom. The van der Waals surface area contributed by atoms with Gasteiger partial charge in [-0.25, -0.2) is 0 Å². The van der Waals surface area contributed by atoms with Crippen LogP contribution in [0.1, 0.15) is 55.3 Å². The minimum Gasteiger partial charge on any atom is -0.463 e. The van der Waals surface area contributed by atoms with E-state index in [0.29, 0.717) is 23.6 Å². The van der Waals surface area contributed by atoms with Crippen molar-refractivity contribution in [3.8, 4) is 0 Å². The summed E-state index contributed by atoms with van der Waals surface area (Å²) in [6, 6.07) is 9.62. The van der Waals surface area contributed by atoms with Crippen LogP contribution in [0.5, 0.6) is 0 Å². The summed E-state index contributed by atoms with van der Waals surface area (Å²) >= 11 is 6.24. The molecular weight excluding hydrogens is 396 g/mol. The molecule has 1 atom stereocenters. The molecule has 29 heavy (non-hydrogen) atoms. The zero-order valence-electron chi connectivity index (χ0n) is 16.4. The maximum atomic E-state index is 12.4. The topological polar surface area (TPSA) is 97.6 Å². The Morgan fingerprint density at radius 3 is 2.55 bits per heavy atom. The van der Waals surface area contributed by atoms with Gasteiger partial charge >= 0.3 is 5.97 Å². The lowest BCUT2D eigenvalue weighted by Gasteiger charge is -2.20. The molecule has 7 nitrogen and oxygen atoms in total. The molecule has 0 aliphatic carbocycles. The molecule has 0 bridgehead atoms. The lowest BCUT2D eigenvalue weighted by atomic mass is 10.0. The number of amides is 2. The number of hydrogen-bond acceptors (Lipinski definition) is 5. The fourth-order valence-corrected chi connectivity index (χ4v) is 2.95. The van der Waals surface area contributed by atoms with Crippen molar-refractivity contribution in [1.29, 1.82) is 0 Å². The molecule has 0 aliphatic rings. The predicted molar refractivity (Wildman–Crippen MR) is 108 cm³/mol. The first-order valence-electron chi connectivity index (χ1n) is 9.41. The first kappa shape index (κ1) is 22.5. The number of halogens is 1. The van der Waals surface area contributed by atoms with Crippen LogP contribution < -0.4 is 10.6 Å². The van der Waals surface area contributed by atoms with Gasteiger partial charge in [-0.05, 0) is 44.0 Å². The van der Waals surface area contributed by atoms with Crippen LogP contribution >= 0.6 is 11.6 Å². The Kier molecular flexibility index (Phi) is 8.73. The predicted octanol–water partition coefficient (Wildman–Crippen LogP) is 3.64. The molecule has 1 aromatic heterocycles. The Hall–Kier alpha value is -2.80. The molecule has 0 saturated carbocycles. The van der Waals surface area contributed by atoms with Gasteiger partial charge < -0.3 is 19.8 Å². The van der Waals surface area contributed by atoms with Gasteiger partial charge in [0.05, 0.1) is 24.8 Å². The van der Waals surface area contributed by atoms with E-state index in [-0.39, 0.29) is 36.5 Å². The molecule has 0 radical (unpaired) electrons. The van der Waals surface area contributed by atoms with Crippen molar-refractivity contribution in [3.05, 3.63) is 59.0 Å². The molecule has 0 spiro atoms. The molecule has 0 unspecified atom stereocenters. The van der Waals surface area contributed by atoms with Crippen molar-refractivity contribution in [1.82, 2.24) is 10.6 Å². The molecule has 0 fully saturated rings. The average Bonchev–Trinajstić information content (AvgIpc) is 3.19. The number of furan rings is 1. The number of rotatable bonds is 10. The van der Waals surface area contributed by atoms with Gasteiger partial charge in [0.1, 0.15) is 0 Å². The van der Waals surface area contributed by atoms with Gasteiger partial charge in [0.25, 0.3) is 5.91 Å². The Bertz CT molecular complexity index is 820. The van der Waals surface area contributed by atoms with Crippen molar-refractivity contribution in [2.45, 2.75) is 45.3 Å². The van der Waals surface area contributed by atoms with E-state index in [2.05, 4.69) is 10.6 Å². The van der Waals surface area contributed by atoms with E-state index >= 15 is 0 Å². The SMILES string of the molecule is CC(C)OC(=O)C[C@@H](NC(=O)CCCNC(=O)c1ccco1)c1ccccc1Cl. The summed E-state index contributed by atoms with van der Waals surface area (Å²) < 4.78 is 10.2.